The number of aromatic nitrogens is 1. The molecule has 0 aliphatic carbocycles. The lowest BCUT2D eigenvalue weighted by Gasteiger charge is -2.27. The summed E-state index contributed by atoms with van der Waals surface area (Å²) in [4.78, 5) is 20.7. The fourth-order valence-electron chi connectivity index (χ4n) is 2.59. The lowest BCUT2D eigenvalue weighted by Crippen LogP contribution is -2.39. The van der Waals surface area contributed by atoms with Gasteiger partial charge in [0, 0.05) is 32.2 Å². The molecular formula is C18H28BrN3O3. The fraction of sp³-hybridized carbons (Fsp3) is 0.667. The number of anilines is 1. The van der Waals surface area contributed by atoms with Gasteiger partial charge in [-0.15, -0.1) is 0 Å². The first-order valence-corrected chi connectivity index (χ1v) is 9.60. The number of hydrogen-bond acceptors (Lipinski definition) is 5. The molecule has 0 saturated carbocycles. The van der Waals surface area contributed by atoms with E-state index in [9.17, 15) is 4.79 Å². The molecule has 0 radical (unpaired) electrons. The van der Waals surface area contributed by atoms with E-state index in [-0.39, 0.29) is 6.09 Å². The summed E-state index contributed by atoms with van der Waals surface area (Å²) in [7, 11) is 0. The van der Waals surface area contributed by atoms with Crippen molar-refractivity contribution in [2.24, 2.45) is 0 Å². The Morgan fingerprint density at radius 1 is 1.28 bits per heavy atom. The number of hydrogen-bond donors (Lipinski definition) is 0. The highest BCUT2D eigenvalue weighted by atomic mass is 79.9. The molecule has 6 nitrogen and oxygen atoms in total. The molecule has 0 bridgehead atoms. The molecule has 1 aromatic rings. The highest BCUT2D eigenvalue weighted by Crippen LogP contribution is 2.28. The molecule has 2 heterocycles. The van der Waals surface area contributed by atoms with E-state index >= 15 is 0 Å². The van der Waals surface area contributed by atoms with Gasteiger partial charge in [-0.3, -0.25) is 0 Å². The molecule has 1 aliphatic rings. The van der Waals surface area contributed by atoms with Gasteiger partial charge in [-0.1, -0.05) is 6.92 Å². The summed E-state index contributed by atoms with van der Waals surface area (Å²) in [5.74, 6) is 0.757. The predicted octanol–water partition coefficient (Wildman–Crippen LogP) is 4.08. The van der Waals surface area contributed by atoms with E-state index in [1.54, 1.807) is 4.90 Å². The lowest BCUT2D eigenvalue weighted by atomic mass is 10.2. The zero-order valence-electron chi connectivity index (χ0n) is 15.5. The Labute approximate surface area is 158 Å². The third-order valence-electron chi connectivity index (χ3n) is 3.77. The first kappa shape index (κ1) is 19.8. The van der Waals surface area contributed by atoms with Crippen molar-refractivity contribution >= 4 is 27.7 Å². The second-order valence-corrected chi connectivity index (χ2v) is 7.89. The third-order valence-corrected chi connectivity index (χ3v) is 4.36. The van der Waals surface area contributed by atoms with E-state index in [1.165, 1.54) is 0 Å². The zero-order valence-corrected chi connectivity index (χ0v) is 17.1. The smallest absolute Gasteiger partial charge is 0.410 e. The molecule has 0 aromatic carbocycles. The van der Waals surface area contributed by atoms with Crippen LogP contribution in [0, 0.1) is 0 Å². The predicted molar refractivity (Wildman–Crippen MR) is 102 cm³/mol. The first-order valence-electron chi connectivity index (χ1n) is 8.81. The topological polar surface area (TPSA) is 54.9 Å². The molecule has 1 amide bonds. The van der Waals surface area contributed by atoms with Crippen molar-refractivity contribution in [1.82, 2.24) is 9.88 Å². The average Bonchev–Trinajstić information content (AvgIpc) is 2.78. The van der Waals surface area contributed by atoms with Crippen molar-refractivity contribution in [3.05, 3.63) is 16.9 Å². The quantitative estimate of drug-likeness (QED) is 0.695. The molecule has 25 heavy (non-hydrogen) atoms. The molecule has 0 N–H and O–H groups in total. The van der Waals surface area contributed by atoms with E-state index < -0.39 is 5.60 Å². The van der Waals surface area contributed by atoms with Gasteiger partial charge in [0.25, 0.3) is 0 Å². The minimum Gasteiger partial charge on any atom is -0.491 e. The van der Waals surface area contributed by atoms with Crippen LogP contribution in [0.25, 0.3) is 0 Å². The van der Waals surface area contributed by atoms with Gasteiger partial charge in [-0.25, -0.2) is 9.78 Å². The molecule has 2 rings (SSSR count). The van der Waals surface area contributed by atoms with Crippen molar-refractivity contribution in [3.63, 3.8) is 0 Å². The van der Waals surface area contributed by atoms with E-state index in [1.807, 2.05) is 33.0 Å². The molecule has 1 fully saturated rings. The zero-order chi connectivity index (χ0) is 18.4. The molecule has 140 valence electrons. The van der Waals surface area contributed by atoms with Gasteiger partial charge in [0.15, 0.2) is 5.75 Å². The molecule has 1 aliphatic heterocycles. The van der Waals surface area contributed by atoms with Crippen LogP contribution in [0.4, 0.5) is 10.5 Å². The first-order chi connectivity index (χ1) is 11.8. The number of ether oxygens (including phenoxy) is 2. The van der Waals surface area contributed by atoms with Gasteiger partial charge < -0.3 is 19.3 Å². The summed E-state index contributed by atoms with van der Waals surface area (Å²) in [5, 5.41) is 0. The Hall–Kier alpha value is -1.50. The maximum atomic E-state index is 12.3. The molecule has 0 atom stereocenters. The standard InChI is InChI=1S/C18H28BrN3O3/c1-5-11-24-15-12-14(13-20-16(15)19)21-7-6-8-22(10-9-21)17(23)25-18(2,3)4/h12-13H,5-11H2,1-4H3. The molecule has 1 saturated heterocycles. The molecular weight excluding hydrogens is 386 g/mol. The van der Waals surface area contributed by atoms with Crippen LogP contribution in [0.2, 0.25) is 0 Å². The van der Waals surface area contributed by atoms with E-state index in [4.69, 9.17) is 9.47 Å². The Kier molecular flexibility index (Phi) is 6.93. The Morgan fingerprint density at radius 3 is 2.72 bits per heavy atom. The number of pyridine rings is 1. The largest absolute Gasteiger partial charge is 0.491 e. The van der Waals surface area contributed by atoms with Crippen LogP contribution in [0.3, 0.4) is 0 Å². The van der Waals surface area contributed by atoms with Crippen LogP contribution in [-0.4, -0.2) is 54.4 Å². The number of halogens is 1. The van der Waals surface area contributed by atoms with Crippen LogP contribution >= 0.6 is 15.9 Å². The summed E-state index contributed by atoms with van der Waals surface area (Å²) in [6.07, 6.45) is 3.44. The normalized spacial score (nSPS) is 15.7. The highest BCUT2D eigenvalue weighted by Gasteiger charge is 2.24. The van der Waals surface area contributed by atoms with Crippen molar-refractivity contribution < 1.29 is 14.3 Å². The van der Waals surface area contributed by atoms with Crippen molar-refractivity contribution in [2.45, 2.75) is 46.1 Å². The van der Waals surface area contributed by atoms with Crippen molar-refractivity contribution in [1.29, 1.82) is 0 Å². The van der Waals surface area contributed by atoms with Crippen LogP contribution < -0.4 is 9.64 Å². The van der Waals surface area contributed by atoms with E-state index in [2.05, 4.69) is 32.7 Å². The van der Waals surface area contributed by atoms with Gasteiger partial charge in [-0.05, 0) is 49.5 Å². The van der Waals surface area contributed by atoms with E-state index in [0.29, 0.717) is 19.7 Å². The van der Waals surface area contributed by atoms with E-state index in [0.717, 1.165) is 42.0 Å². The summed E-state index contributed by atoms with van der Waals surface area (Å²) in [6.45, 7) is 11.4. The second-order valence-electron chi connectivity index (χ2n) is 7.14. The Balaban J connectivity index is 2.02. The van der Waals surface area contributed by atoms with Crippen LogP contribution in [-0.2, 0) is 4.74 Å². The van der Waals surface area contributed by atoms with Gasteiger partial charge in [0.1, 0.15) is 10.2 Å². The van der Waals surface area contributed by atoms with Gasteiger partial charge in [0.2, 0.25) is 0 Å². The summed E-state index contributed by atoms with van der Waals surface area (Å²) >= 11 is 3.43. The Bertz CT molecular complexity index is 589. The Morgan fingerprint density at radius 2 is 2.04 bits per heavy atom. The molecule has 0 unspecified atom stereocenters. The van der Waals surface area contributed by atoms with Gasteiger partial charge >= 0.3 is 6.09 Å². The van der Waals surface area contributed by atoms with Crippen molar-refractivity contribution in [3.8, 4) is 5.75 Å². The third kappa shape index (κ3) is 6.06. The van der Waals surface area contributed by atoms with Gasteiger partial charge in [-0.2, -0.15) is 0 Å². The molecule has 7 heteroatoms. The maximum Gasteiger partial charge on any atom is 0.410 e. The van der Waals surface area contributed by atoms with Crippen molar-refractivity contribution in [2.75, 3.05) is 37.7 Å². The highest BCUT2D eigenvalue weighted by molar-refractivity contribution is 9.10. The number of carbonyl (C=O) groups is 1. The minimum atomic E-state index is -0.468. The molecule has 1 aromatic heterocycles. The minimum absolute atomic E-state index is 0.241. The average molecular weight is 414 g/mol. The number of carbonyl (C=O) groups excluding carboxylic acids is 1. The second kappa shape index (κ2) is 8.74. The van der Waals surface area contributed by atoms with Crippen LogP contribution in [0.1, 0.15) is 40.5 Å². The summed E-state index contributed by atoms with van der Waals surface area (Å²) < 4.78 is 11.9. The number of amides is 1. The van der Waals surface area contributed by atoms with Gasteiger partial charge in [0.05, 0.1) is 18.5 Å². The maximum absolute atomic E-state index is 12.3. The summed E-state index contributed by atoms with van der Waals surface area (Å²) in [5.41, 5.74) is 0.546. The SMILES string of the molecule is CCCOc1cc(N2CCCN(C(=O)OC(C)(C)C)CC2)cnc1Br. The monoisotopic (exact) mass is 413 g/mol. The fourth-order valence-corrected chi connectivity index (χ4v) is 2.92. The summed E-state index contributed by atoms with van der Waals surface area (Å²) in [6, 6.07) is 2.01. The van der Waals surface area contributed by atoms with Crippen LogP contribution in [0.5, 0.6) is 5.75 Å². The lowest BCUT2D eigenvalue weighted by molar-refractivity contribution is 0.0263. The number of nitrogens with zero attached hydrogens (tertiary/aromatic N) is 3. The number of rotatable bonds is 4. The molecule has 0 spiro atoms. The van der Waals surface area contributed by atoms with Crippen LogP contribution in [0.15, 0.2) is 16.9 Å².